The molecule has 1 fully saturated rings. The summed E-state index contributed by atoms with van der Waals surface area (Å²) in [5.74, 6) is 2.68. The number of rotatable bonds is 5. The van der Waals surface area contributed by atoms with Crippen molar-refractivity contribution < 1.29 is 13.9 Å². The molecule has 8 nitrogen and oxygen atoms in total. The van der Waals surface area contributed by atoms with E-state index in [9.17, 15) is 0 Å². The number of morpholine rings is 1. The fourth-order valence-electron chi connectivity index (χ4n) is 3.96. The lowest BCUT2D eigenvalue weighted by Crippen LogP contribution is -2.35. The molecular formula is C23H25N5O3. The number of nitrogens with zero attached hydrogens (tertiary/aromatic N) is 3. The molecule has 2 aromatic heterocycles. The van der Waals surface area contributed by atoms with Gasteiger partial charge in [0.2, 0.25) is 0 Å². The normalized spacial score (nSPS) is 16.1. The standard InChI is InChI=1S/C23H25N5O3/c24-22-6-3-19(21-5-2-18(31-21)15-27-8-11-29-12-9-27)26-28(22)23(25)14-16-1-4-20-17(13-16)7-10-30-20/h1-6,13,24-25H,7-12,14-15H2. The first kappa shape index (κ1) is 19.7. The summed E-state index contributed by atoms with van der Waals surface area (Å²) in [6.45, 7) is 4.74. The molecule has 2 aliphatic rings. The predicted octanol–water partition coefficient (Wildman–Crippen LogP) is 2.46. The molecule has 3 aromatic rings. The number of ether oxygens (including phenoxy) is 2. The van der Waals surface area contributed by atoms with E-state index < -0.39 is 0 Å². The van der Waals surface area contributed by atoms with E-state index in [1.807, 2.05) is 24.3 Å². The zero-order chi connectivity index (χ0) is 21.2. The zero-order valence-corrected chi connectivity index (χ0v) is 17.3. The molecule has 0 aliphatic carbocycles. The van der Waals surface area contributed by atoms with Gasteiger partial charge in [-0.15, -0.1) is 0 Å². The average molecular weight is 419 g/mol. The summed E-state index contributed by atoms with van der Waals surface area (Å²) in [6, 6.07) is 13.3. The van der Waals surface area contributed by atoms with Crippen LogP contribution in [0.15, 0.2) is 46.9 Å². The number of fused-ring (bicyclic) bond motifs is 1. The maximum Gasteiger partial charge on any atom is 0.154 e. The molecule has 2 aliphatic heterocycles. The molecule has 0 spiro atoms. The van der Waals surface area contributed by atoms with Crippen molar-refractivity contribution in [3.63, 3.8) is 0 Å². The Kier molecular flexibility index (Phi) is 5.40. The molecule has 5 rings (SSSR count). The monoisotopic (exact) mass is 419 g/mol. The molecule has 0 radical (unpaired) electrons. The third kappa shape index (κ3) is 4.30. The number of hydrogen-bond acceptors (Lipinski definition) is 7. The van der Waals surface area contributed by atoms with E-state index in [1.54, 1.807) is 12.1 Å². The van der Waals surface area contributed by atoms with Crippen LogP contribution in [0.25, 0.3) is 11.5 Å². The van der Waals surface area contributed by atoms with E-state index in [0.717, 1.165) is 56.3 Å². The van der Waals surface area contributed by atoms with Crippen molar-refractivity contribution in [2.75, 3.05) is 32.9 Å². The molecule has 0 bridgehead atoms. The van der Waals surface area contributed by atoms with Gasteiger partial charge in [-0.3, -0.25) is 15.7 Å². The van der Waals surface area contributed by atoms with Crippen LogP contribution in [0.5, 0.6) is 5.75 Å². The van der Waals surface area contributed by atoms with Gasteiger partial charge in [0.05, 0.1) is 26.4 Å². The topological polar surface area (TPSA) is 100 Å². The van der Waals surface area contributed by atoms with Gasteiger partial charge in [-0.05, 0) is 41.5 Å². The van der Waals surface area contributed by atoms with Gasteiger partial charge in [0.15, 0.2) is 5.76 Å². The van der Waals surface area contributed by atoms with Gasteiger partial charge in [-0.25, -0.2) is 4.68 Å². The summed E-state index contributed by atoms with van der Waals surface area (Å²) in [4.78, 5) is 2.30. The second-order valence-electron chi connectivity index (χ2n) is 7.83. The van der Waals surface area contributed by atoms with Gasteiger partial charge in [0, 0.05) is 25.9 Å². The number of nitrogens with one attached hydrogen (secondary N) is 2. The molecule has 160 valence electrons. The van der Waals surface area contributed by atoms with E-state index >= 15 is 0 Å². The quantitative estimate of drug-likeness (QED) is 0.489. The van der Waals surface area contributed by atoms with E-state index in [4.69, 9.17) is 24.7 Å². The molecule has 4 heterocycles. The van der Waals surface area contributed by atoms with E-state index in [1.165, 1.54) is 10.2 Å². The van der Waals surface area contributed by atoms with E-state index in [0.29, 0.717) is 24.5 Å². The third-order valence-electron chi connectivity index (χ3n) is 5.61. The summed E-state index contributed by atoms with van der Waals surface area (Å²) in [5, 5.41) is 21.3. The minimum absolute atomic E-state index is 0.165. The minimum atomic E-state index is 0.165. The molecule has 1 saturated heterocycles. The van der Waals surface area contributed by atoms with Crippen LogP contribution in [0.2, 0.25) is 0 Å². The molecule has 2 N–H and O–H groups in total. The number of aromatic nitrogens is 2. The highest BCUT2D eigenvalue weighted by atomic mass is 16.5. The van der Waals surface area contributed by atoms with Crippen LogP contribution in [-0.4, -0.2) is 53.4 Å². The Bertz CT molecular complexity index is 1160. The fraction of sp³-hybridized carbons (Fsp3) is 0.348. The fourth-order valence-corrected chi connectivity index (χ4v) is 3.96. The summed E-state index contributed by atoms with van der Waals surface area (Å²) in [5.41, 5.74) is 2.96. The van der Waals surface area contributed by atoms with Crippen LogP contribution in [0, 0.1) is 10.8 Å². The first-order chi connectivity index (χ1) is 15.2. The number of benzene rings is 1. The lowest BCUT2D eigenvalue weighted by Gasteiger charge is -2.25. The van der Waals surface area contributed by atoms with Crippen LogP contribution in [-0.2, 0) is 24.1 Å². The van der Waals surface area contributed by atoms with Crippen molar-refractivity contribution in [1.82, 2.24) is 14.7 Å². The molecule has 0 atom stereocenters. The zero-order valence-electron chi connectivity index (χ0n) is 17.3. The van der Waals surface area contributed by atoms with Crippen molar-refractivity contribution in [3.8, 4) is 17.2 Å². The first-order valence-corrected chi connectivity index (χ1v) is 10.5. The van der Waals surface area contributed by atoms with Gasteiger partial charge >= 0.3 is 0 Å². The van der Waals surface area contributed by atoms with E-state index in [2.05, 4.69) is 16.1 Å². The molecule has 1 aromatic carbocycles. The number of hydrogen-bond donors (Lipinski definition) is 2. The highest BCUT2D eigenvalue weighted by molar-refractivity contribution is 5.83. The Morgan fingerprint density at radius 1 is 1.03 bits per heavy atom. The highest BCUT2D eigenvalue weighted by Crippen LogP contribution is 2.26. The average Bonchev–Trinajstić information content (AvgIpc) is 3.44. The molecule has 0 unspecified atom stereocenters. The van der Waals surface area contributed by atoms with Crippen LogP contribution >= 0.6 is 0 Å². The van der Waals surface area contributed by atoms with Crippen LogP contribution in [0.3, 0.4) is 0 Å². The largest absolute Gasteiger partial charge is 0.493 e. The van der Waals surface area contributed by atoms with Crippen molar-refractivity contribution in [2.45, 2.75) is 19.4 Å². The van der Waals surface area contributed by atoms with Crippen LogP contribution in [0.1, 0.15) is 16.9 Å². The SMILES string of the molecule is N=C(Cc1ccc2c(c1)CCO2)n1nc(-c2ccc(CN3CCOCC3)o2)ccc1=N. The predicted molar refractivity (Wildman–Crippen MR) is 114 cm³/mol. The maximum atomic E-state index is 8.54. The van der Waals surface area contributed by atoms with Gasteiger partial charge < -0.3 is 13.9 Å². The van der Waals surface area contributed by atoms with Gasteiger partial charge in [-0.2, -0.15) is 5.10 Å². The Morgan fingerprint density at radius 2 is 1.90 bits per heavy atom. The Hall–Kier alpha value is -3.23. The molecule has 8 heteroatoms. The van der Waals surface area contributed by atoms with Crippen molar-refractivity contribution >= 4 is 5.84 Å². The van der Waals surface area contributed by atoms with Gasteiger partial charge in [0.1, 0.15) is 28.5 Å². The molecular weight excluding hydrogens is 394 g/mol. The van der Waals surface area contributed by atoms with Crippen molar-refractivity contribution in [1.29, 1.82) is 10.8 Å². The smallest absolute Gasteiger partial charge is 0.154 e. The van der Waals surface area contributed by atoms with E-state index in [-0.39, 0.29) is 11.3 Å². The Morgan fingerprint density at radius 3 is 2.77 bits per heavy atom. The molecule has 0 amide bonds. The third-order valence-corrected chi connectivity index (χ3v) is 5.61. The summed E-state index contributed by atoms with van der Waals surface area (Å²) in [7, 11) is 0. The Labute approximate surface area is 180 Å². The Balaban J connectivity index is 1.33. The summed E-state index contributed by atoms with van der Waals surface area (Å²) >= 11 is 0. The second kappa shape index (κ2) is 8.49. The van der Waals surface area contributed by atoms with Crippen molar-refractivity contribution in [3.05, 3.63) is 64.8 Å². The lowest BCUT2D eigenvalue weighted by atomic mass is 10.1. The summed E-state index contributed by atoms with van der Waals surface area (Å²) < 4.78 is 18.3. The number of furan rings is 1. The van der Waals surface area contributed by atoms with Crippen LogP contribution < -0.4 is 10.2 Å². The summed E-state index contributed by atoms with van der Waals surface area (Å²) in [6.07, 6.45) is 1.28. The minimum Gasteiger partial charge on any atom is -0.493 e. The molecule has 0 saturated carbocycles. The van der Waals surface area contributed by atoms with Crippen LogP contribution in [0.4, 0.5) is 0 Å². The van der Waals surface area contributed by atoms with Gasteiger partial charge in [0.25, 0.3) is 0 Å². The molecule has 31 heavy (non-hydrogen) atoms. The maximum absolute atomic E-state index is 8.54. The van der Waals surface area contributed by atoms with Gasteiger partial charge in [-0.1, -0.05) is 12.1 Å². The highest BCUT2D eigenvalue weighted by Gasteiger charge is 2.16. The lowest BCUT2D eigenvalue weighted by molar-refractivity contribution is 0.0314. The second-order valence-corrected chi connectivity index (χ2v) is 7.83. The first-order valence-electron chi connectivity index (χ1n) is 10.5. The van der Waals surface area contributed by atoms with Crippen molar-refractivity contribution in [2.24, 2.45) is 0 Å².